The van der Waals surface area contributed by atoms with E-state index in [1.165, 1.54) is 0 Å². The van der Waals surface area contributed by atoms with Crippen molar-refractivity contribution in [1.29, 1.82) is 0 Å². The van der Waals surface area contributed by atoms with Crippen LogP contribution in [0.5, 0.6) is 0 Å². The molecule has 47 heavy (non-hydrogen) atoms. The summed E-state index contributed by atoms with van der Waals surface area (Å²) in [6.45, 7) is 4.61. The van der Waals surface area contributed by atoms with Gasteiger partial charge in [0.05, 0.1) is 35.9 Å². The summed E-state index contributed by atoms with van der Waals surface area (Å²) in [5.41, 5.74) is 5.83. The molecule has 0 spiro atoms. The van der Waals surface area contributed by atoms with Crippen LogP contribution < -0.4 is 0 Å². The lowest BCUT2D eigenvalue weighted by Gasteiger charge is -2.32. The third kappa shape index (κ3) is 6.13. The van der Waals surface area contributed by atoms with E-state index in [-0.39, 0.29) is 29.8 Å². The molecule has 2 aromatic heterocycles. The minimum atomic E-state index is -0.335. The number of rotatable bonds is 9. The van der Waals surface area contributed by atoms with Gasteiger partial charge in [0, 0.05) is 12.1 Å². The first-order chi connectivity index (χ1) is 22.9. The minimum Gasteiger partial charge on any atom is -0.341 e. The average molecular weight is 632 g/mol. The number of amides is 1. The number of carbonyl (C=O) groups excluding carboxylic acids is 1. The van der Waals surface area contributed by atoms with Crippen molar-refractivity contribution in [3.8, 4) is 33.6 Å². The fourth-order valence-electron chi connectivity index (χ4n) is 7.18. The van der Waals surface area contributed by atoms with Gasteiger partial charge in [-0.15, -0.1) is 0 Å². The summed E-state index contributed by atoms with van der Waals surface area (Å²) < 4.78 is 15.4. The number of likely N-dealkylation sites (tertiary alicyclic amines) is 2. The van der Waals surface area contributed by atoms with Crippen LogP contribution in [-0.4, -0.2) is 74.3 Å². The minimum absolute atomic E-state index is 0.0986. The van der Waals surface area contributed by atoms with Gasteiger partial charge in [0.2, 0.25) is 5.91 Å². The Kier molecular flexibility index (Phi) is 8.75. The number of aromatic amines is 2. The van der Waals surface area contributed by atoms with E-state index in [0.717, 1.165) is 78.4 Å². The summed E-state index contributed by atoms with van der Waals surface area (Å²) in [7, 11) is 4.11. The van der Waals surface area contributed by atoms with Gasteiger partial charge in [-0.25, -0.2) is 14.4 Å². The summed E-state index contributed by atoms with van der Waals surface area (Å²) in [5, 5.41) is 0. The zero-order valence-corrected chi connectivity index (χ0v) is 27.3. The largest absolute Gasteiger partial charge is 0.341 e. The van der Waals surface area contributed by atoms with Crippen LogP contribution in [0.15, 0.2) is 85.2 Å². The first-order valence-electron chi connectivity index (χ1n) is 16.7. The van der Waals surface area contributed by atoms with Gasteiger partial charge in [-0.1, -0.05) is 67.6 Å². The maximum absolute atomic E-state index is 15.4. The van der Waals surface area contributed by atoms with Crippen LogP contribution in [0.3, 0.4) is 0 Å². The second kappa shape index (κ2) is 13.3. The van der Waals surface area contributed by atoms with E-state index in [1.54, 1.807) is 12.3 Å². The maximum Gasteiger partial charge on any atom is 0.245 e. The number of aromatic nitrogens is 4. The van der Waals surface area contributed by atoms with Crippen molar-refractivity contribution in [2.24, 2.45) is 0 Å². The smallest absolute Gasteiger partial charge is 0.245 e. The lowest BCUT2D eigenvalue weighted by atomic mass is 10.0. The molecule has 5 aromatic rings. The number of carbonyl (C=O) groups is 1. The van der Waals surface area contributed by atoms with Gasteiger partial charge in [0.25, 0.3) is 0 Å². The van der Waals surface area contributed by atoms with Crippen molar-refractivity contribution < 1.29 is 9.18 Å². The Labute approximate surface area is 275 Å². The average Bonchev–Trinajstić information content (AvgIpc) is 3.92. The molecule has 2 aliphatic heterocycles. The van der Waals surface area contributed by atoms with Crippen molar-refractivity contribution in [1.82, 2.24) is 34.6 Å². The van der Waals surface area contributed by atoms with E-state index in [4.69, 9.17) is 4.98 Å². The van der Waals surface area contributed by atoms with Crippen LogP contribution in [0.4, 0.5) is 4.39 Å². The molecule has 1 amide bonds. The van der Waals surface area contributed by atoms with Gasteiger partial charge < -0.3 is 14.9 Å². The zero-order chi connectivity index (χ0) is 32.5. The number of imidazole rings is 2. The maximum atomic E-state index is 15.4. The first kappa shape index (κ1) is 31.0. The van der Waals surface area contributed by atoms with Gasteiger partial charge in [-0.05, 0) is 87.3 Å². The Balaban J connectivity index is 1.06. The van der Waals surface area contributed by atoms with E-state index >= 15 is 4.39 Å². The van der Waals surface area contributed by atoms with Crippen LogP contribution in [-0.2, 0) is 4.79 Å². The molecule has 0 unspecified atom stereocenters. The molecule has 2 fully saturated rings. The number of hydrogen-bond donors (Lipinski definition) is 2. The fraction of sp³-hybridized carbons (Fsp3) is 0.342. The highest BCUT2D eigenvalue weighted by Crippen LogP contribution is 2.36. The number of benzene rings is 3. The van der Waals surface area contributed by atoms with Gasteiger partial charge in [0.15, 0.2) is 0 Å². The molecular weight excluding hydrogens is 589 g/mol. The van der Waals surface area contributed by atoms with E-state index in [9.17, 15) is 4.79 Å². The predicted octanol–water partition coefficient (Wildman–Crippen LogP) is 7.40. The monoisotopic (exact) mass is 631 g/mol. The summed E-state index contributed by atoms with van der Waals surface area (Å²) in [6.07, 6.45) is 7.59. The Morgan fingerprint density at radius 2 is 1.51 bits per heavy atom. The van der Waals surface area contributed by atoms with Crippen molar-refractivity contribution in [2.75, 3.05) is 33.7 Å². The highest BCUT2D eigenvalue weighted by molar-refractivity contribution is 5.84. The molecule has 4 heterocycles. The van der Waals surface area contributed by atoms with Crippen LogP contribution in [0, 0.1) is 5.82 Å². The van der Waals surface area contributed by atoms with E-state index < -0.39 is 0 Å². The lowest BCUT2D eigenvalue weighted by Crippen LogP contribution is -2.41. The summed E-state index contributed by atoms with van der Waals surface area (Å²) in [4.78, 5) is 36.5. The third-order valence-electron chi connectivity index (χ3n) is 9.96. The van der Waals surface area contributed by atoms with Crippen LogP contribution in [0.1, 0.15) is 67.9 Å². The topological polar surface area (TPSA) is 84.2 Å². The number of nitrogens with zero attached hydrogens (tertiary/aromatic N) is 5. The standard InChI is InChI=1S/C38H42FN7O/c1-4-44(2)35(27-10-6-5-7-11-27)38(47)46-21-9-13-34(46)37-40-23-31(42-37)26-16-14-25(15-17-26)28-18-19-29(30(39)22-28)32-24-41-36(43-32)33-12-8-20-45(33)3/h5-7,10-11,14-19,22-24,33-35H,4,8-9,12-13,20-21H2,1-3H3,(H,40,42)(H,41,43)/t33-,34-,35+/m0/s1. The third-order valence-corrected chi connectivity index (χ3v) is 9.96. The predicted molar refractivity (Wildman–Crippen MR) is 183 cm³/mol. The van der Waals surface area contributed by atoms with Crippen molar-refractivity contribution in [2.45, 2.75) is 50.7 Å². The molecule has 0 aliphatic carbocycles. The summed E-state index contributed by atoms with van der Waals surface area (Å²) >= 11 is 0. The van der Waals surface area contributed by atoms with E-state index in [1.807, 2.05) is 84.9 Å². The number of halogens is 1. The zero-order valence-electron chi connectivity index (χ0n) is 27.3. The summed E-state index contributed by atoms with van der Waals surface area (Å²) in [6, 6.07) is 23.3. The molecule has 7 rings (SSSR count). The molecule has 2 N–H and O–H groups in total. The molecular formula is C38H42FN7O. The van der Waals surface area contributed by atoms with Gasteiger partial charge in [-0.3, -0.25) is 14.6 Å². The second-order valence-corrected chi connectivity index (χ2v) is 12.9. The van der Waals surface area contributed by atoms with Gasteiger partial charge in [0.1, 0.15) is 23.5 Å². The lowest BCUT2D eigenvalue weighted by molar-refractivity contribution is -0.137. The van der Waals surface area contributed by atoms with Crippen molar-refractivity contribution in [3.63, 3.8) is 0 Å². The highest BCUT2D eigenvalue weighted by Gasteiger charge is 2.37. The number of H-pyrrole nitrogens is 2. The molecule has 8 nitrogen and oxygen atoms in total. The number of hydrogen-bond acceptors (Lipinski definition) is 5. The van der Waals surface area contributed by atoms with E-state index in [2.05, 4.69) is 38.7 Å². The Hall–Kier alpha value is -4.60. The molecule has 0 bridgehead atoms. The van der Waals surface area contributed by atoms with Crippen LogP contribution in [0.2, 0.25) is 0 Å². The van der Waals surface area contributed by atoms with Gasteiger partial charge >= 0.3 is 0 Å². The fourth-order valence-corrected chi connectivity index (χ4v) is 7.18. The van der Waals surface area contributed by atoms with Crippen LogP contribution >= 0.6 is 0 Å². The highest BCUT2D eigenvalue weighted by atomic mass is 19.1. The molecule has 3 aromatic carbocycles. The normalized spacial score (nSPS) is 19.1. The molecule has 242 valence electrons. The molecule has 2 aliphatic rings. The van der Waals surface area contributed by atoms with Gasteiger partial charge in [-0.2, -0.15) is 0 Å². The molecule has 3 atom stereocenters. The Bertz CT molecular complexity index is 1830. The van der Waals surface area contributed by atoms with Crippen molar-refractivity contribution >= 4 is 5.91 Å². The quantitative estimate of drug-likeness (QED) is 0.177. The first-order valence-corrected chi connectivity index (χ1v) is 16.7. The molecule has 2 saturated heterocycles. The number of nitrogens with one attached hydrogen (secondary N) is 2. The Morgan fingerprint density at radius 1 is 0.872 bits per heavy atom. The second-order valence-electron chi connectivity index (χ2n) is 12.9. The number of likely N-dealkylation sites (N-methyl/N-ethyl adjacent to an activating group) is 1. The van der Waals surface area contributed by atoms with E-state index in [0.29, 0.717) is 17.8 Å². The van der Waals surface area contributed by atoms with Crippen molar-refractivity contribution in [3.05, 3.63) is 108 Å². The Morgan fingerprint density at radius 3 is 2.21 bits per heavy atom. The molecule has 9 heteroatoms. The SMILES string of the molecule is CCN(C)[C@@H](C(=O)N1CCC[C@H]1c1ncc(-c2ccc(-c3ccc(-c4cnc([C@@H]5CCCN5C)[nH]4)c(F)c3)cc2)[nH]1)c1ccccc1. The summed E-state index contributed by atoms with van der Waals surface area (Å²) in [5.74, 6) is 1.53. The molecule has 0 saturated carbocycles. The van der Waals surface area contributed by atoms with Crippen LogP contribution in [0.25, 0.3) is 33.6 Å². The molecule has 0 radical (unpaired) electrons.